The van der Waals surface area contributed by atoms with Crippen LogP contribution in [0.5, 0.6) is 0 Å². The normalized spacial score (nSPS) is 24.2. The maximum Gasteiger partial charge on any atom is 0.0619 e. The Morgan fingerprint density at radius 3 is 2.64 bits per heavy atom. The fourth-order valence-corrected chi connectivity index (χ4v) is 1.45. The number of hydrogen-bond donors (Lipinski definition) is 1. The molecule has 1 saturated heterocycles. The fraction of sp³-hybridized carbons (Fsp3) is 1.00. The Labute approximate surface area is 87.8 Å². The van der Waals surface area contributed by atoms with Crippen LogP contribution in [0, 0.1) is 0 Å². The monoisotopic (exact) mass is 200 g/mol. The molecule has 0 aliphatic carbocycles. The molecule has 1 aliphatic rings. The summed E-state index contributed by atoms with van der Waals surface area (Å²) in [6.07, 6.45) is 2.45. The van der Waals surface area contributed by atoms with Gasteiger partial charge in [0.1, 0.15) is 0 Å². The minimum Gasteiger partial charge on any atom is -0.380 e. The summed E-state index contributed by atoms with van der Waals surface area (Å²) in [5.74, 6) is 0. The van der Waals surface area contributed by atoms with Crippen molar-refractivity contribution in [1.29, 1.82) is 0 Å². The van der Waals surface area contributed by atoms with E-state index in [4.69, 9.17) is 4.74 Å². The summed E-state index contributed by atoms with van der Waals surface area (Å²) >= 11 is 0. The Kier molecular flexibility index (Phi) is 4.35. The van der Waals surface area contributed by atoms with Crippen LogP contribution in [-0.2, 0) is 4.74 Å². The van der Waals surface area contributed by atoms with E-state index < -0.39 is 0 Å². The maximum atomic E-state index is 5.43. The second-order valence-electron chi connectivity index (χ2n) is 5.00. The lowest BCUT2D eigenvalue weighted by molar-refractivity contribution is 0.0640. The Morgan fingerprint density at radius 1 is 1.43 bits per heavy atom. The summed E-state index contributed by atoms with van der Waals surface area (Å²) in [6.45, 7) is 7.35. The predicted molar refractivity (Wildman–Crippen MR) is 59.6 cm³/mol. The number of nitrogens with one attached hydrogen (secondary N) is 1. The predicted octanol–water partition coefficient (Wildman–Crippen LogP) is 1.10. The molecule has 84 valence electrons. The smallest absolute Gasteiger partial charge is 0.0619 e. The lowest BCUT2D eigenvalue weighted by atomic mass is 10.0. The average Bonchev–Trinajstić information content (AvgIpc) is 2.16. The Balaban J connectivity index is 2.24. The van der Waals surface area contributed by atoms with Gasteiger partial charge in [0.05, 0.1) is 6.61 Å². The molecule has 3 nitrogen and oxygen atoms in total. The zero-order valence-corrected chi connectivity index (χ0v) is 9.97. The third kappa shape index (κ3) is 3.56. The van der Waals surface area contributed by atoms with Gasteiger partial charge in [0.2, 0.25) is 0 Å². The van der Waals surface area contributed by atoms with E-state index >= 15 is 0 Å². The highest BCUT2D eigenvalue weighted by molar-refractivity contribution is 4.82. The Morgan fingerprint density at radius 2 is 2.14 bits per heavy atom. The van der Waals surface area contributed by atoms with E-state index in [0.29, 0.717) is 6.04 Å². The molecule has 1 fully saturated rings. The molecule has 1 aliphatic heterocycles. The zero-order valence-electron chi connectivity index (χ0n) is 9.97. The first kappa shape index (κ1) is 12.0. The van der Waals surface area contributed by atoms with E-state index in [0.717, 1.165) is 19.8 Å². The van der Waals surface area contributed by atoms with Crippen molar-refractivity contribution in [1.82, 2.24) is 10.2 Å². The van der Waals surface area contributed by atoms with Gasteiger partial charge in [-0.1, -0.05) is 0 Å². The molecule has 0 aromatic rings. The Hall–Kier alpha value is -0.120. The van der Waals surface area contributed by atoms with Gasteiger partial charge >= 0.3 is 0 Å². The van der Waals surface area contributed by atoms with E-state index in [1.165, 1.54) is 12.8 Å². The van der Waals surface area contributed by atoms with Crippen LogP contribution in [-0.4, -0.2) is 50.3 Å². The SMILES string of the molecule is CN(C)C(C)(C)CNC1CCCOC1. The lowest BCUT2D eigenvalue weighted by Crippen LogP contribution is -2.50. The molecule has 14 heavy (non-hydrogen) atoms. The van der Waals surface area contributed by atoms with Crippen molar-refractivity contribution < 1.29 is 4.74 Å². The number of nitrogens with zero attached hydrogens (tertiary/aromatic N) is 1. The summed E-state index contributed by atoms with van der Waals surface area (Å²) in [6, 6.07) is 0.558. The van der Waals surface area contributed by atoms with E-state index in [1.807, 2.05) is 0 Å². The molecular formula is C11H24N2O. The van der Waals surface area contributed by atoms with Crippen molar-refractivity contribution in [3.63, 3.8) is 0 Å². The highest BCUT2D eigenvalue weighted by Gasteiger charge is 2.22. The van der Waals surface area contributed by atoms with Gasteiger partial charge in [-0.15, -0.1) is 0 Å². The molecule has 0 amide bonds. The summed E-state index contributed by atoms with van der Waals surface area (Å²) in [7, 11) is 4.25. The highest BCUT2D eigenvalue weighted by atomic mass is 16.5. The van der Waals surface area contributed by atoms with Gasteiger partial charge < -0.3 is 15.0 Å². The third-order valence-corrected chi connectivity index (χ3v) is 3.19. The van der Waals surface area contributed by atoms with Gasteiger partial charge in [0.15, 0.2) is 0 Å². The summed E-state index contributed by atoms with van der Waals surface area (Å²) < 4.78 is 5.43. The van der Waals surface area contributed by atoms with Gasteiger partial charge in [-0.2, -0.15) is 0 Å². The number of rotatable bonds is 4. The van der Waals surface area contributed by atoms with Crippen LogP contribution in [0.15, 0.2) is 0 Å². The summed E-state index contributed by atoms with van der Waals surface area (Å²) in [5, 5.41) is 3.58. The Bertz CT molecular complexity index is 163. The van der Waals surface area contributed by atoms with Crippen molar-refractivity contribution in [2.24, 2.45) is 0 Å². The van der Waals surface area contributed by atoms with E-state index in [-0.39, 0.29) is 5.54 Å². The molecule has 0 aromatic heterocycles. The van der Waals surface area contributed by atoms with Crippen LogP contribution in [0.3, 0.4) is 0 Å². The first-order valence-electron chi connectivity index (χ1n) is 5.51. The molecular weight excluding hydrogens is 176 g/mol. The van der Waals surface area contributed by atoms with Crippen LogP contribution < -0.4 is 5.32 Å². The van der Waals surface area contributed by atoms with Crippen molar-refractivity contribution in [2.45, 2.75) is 38.3 Å². The molecule has 1 heterocycles. The molecule has 0 bridgehead atoms. The molecule has 3 heteroatoms. The van der Waals surface area contributed by atoms with Crippen molar-refractivity contribution >= 4 is 0 Å². The summed E-state index contributed by atoms with van der Waals surface area (Å²) in [4.78, 5) is 2.25. The highest BCUT2D eigenvalue weighted by Crippen LogP contribution is 2.11. The first-order chi connectivity index (χ1) is 6.52. The molecule has 0 saturated carbocycles. The minimum absolute atomic E-state index is 0.220. The van der Waals surface area contributed by atoms with Crippen molar-refractivity contribution in [3.05, 3.63) is 0 Å². The van der Waals surface area contributed by atoms with Crippen molar-refractivity contribution in [2.75, 3.05) is 33.9 Å². The maximum absolute atomic E-state index is 5.43. The summed E-state index contributed by atoms with van der Waals surface area (Å²) in [5.41, 5.74) is 0.220. The quantitative estimate of drug-likeness (QED) is 0.735. The van der Waals surface area contributed by atoms with Crippen molar-refractivity contribution in [3.8, 4) is 0 Å². The first-order valence-corrected chi connectivity index (χ1v) is 5.51. The average molecular weight is 200 g/mol. The van der Waals surface area contributed by atoms with Gasteiger partial charge in [0.25, 0.3) is 0 Å². The molecule has 0 aromatic carbocycles. The molecule has 1 rings (SSSR count). The van der Waals surface area contributed by atoms with Gasteiger partial charge in [-0.05, 0) is 40.8 Å². The number of hydrogen-bond acceptors (Lipinski definition) is 3. The van der Waals surface area contributed by atoms with Crippen LogP contribution in [0.25, 0.3) is 0 Å². The lowest BCUT2D eigenvalue weighted by Gasteiger charge is -2.35. The second-order valence-corrected chi connectivity index (χ2v) is 5.00. The van der Waals surface area contributed by atoms with Crippen LogP contribution >= 0.6 is 0 Å². The fourth-order valence-electron chi connectivity index (χ4n) is 1.45. The topological polar surface area (TPSA) is 24.5 Å². The zero-order chi connectivity index (χ0) is 10.6. The standard InChI is InChI=1S/C11H24N2O/c1-11(2,13(3)4)9-12-10-6-5-7-14-8-10/h10,12H,5-9H2,1-4H3. The number of likely N-dealkylation sites (N-methyl/N-ethyl adjacent to an activating group) is 1. The number of ether oxygens (including phenoxy) is 1. The minimum atomic E-state index is 0.220. The van der Waals surface area contributed by atoms with Gasteiger partial charge in [-0.25, -0.2) is 0 Å². The van der Waals surface area contributed by atoms with E-state index in [9.17, 15) is 0 Å². The molecule has 0 radical (unpaired) electrons. The largest absolute Gasteiger partial charge is 0.380 e. The van der Waals surface area contributed by atoms with E-state index in [2.05, 4.69) is 38.2 Å². The van der Waals surface area contributed by atoms with Crippen LogP contribution in [0.1, 0.15) is 26.7 Å². The van der Waals surface area contributed by atoms with Crippen LogP contribution in [0.2, 0.25) is 0 Å². The molecule has 0 spiro atoms. The van der Waals surface area contributed by atoms with Gasteiger partial charge in [-0.3, -0.25) is 0 Å². The third-order valence-electron chi connectivity index (χ3n) is 3.19. The van der Waals surface area contributed by atoms with Crippen LogP contribution in [0.4, 0.5) is 0 Å². The molecule has 1 atom stereocenters. The second kappa shape index (κ2) is 5.10. The van der Waals surface area contributed by atoms with E-state index in [1.54, 1.807) is 0 Å². The van der Waals surface area contributed by atoms with Gasteiger partial charge in [0, 0.05) is 24.7 Å². The molecule has 1 unspecified atom stereocenters. The molecule has 1 N–H and O–H groups in total.